The first-order valence-corrected chi connectivity index (χ1v) is 6.50. The second-order valence-electron chi connectivity index (χ2n) is 4.93. The molecule has 0 aromatic heterocycles. The van der Waals surface area contributed by atoms with Crippen molar-refractivity contribution in [1.82, 2.24) is 5.32 Å². The second-order valence-corrected chi connectivity index (χ2v) is 4.93. The van der Waals surface area contributed by atoms with Gasteiger partial charge in [0.15, 0.2) is 0 Å². The number of rotatable bonds is 2. The molecule has 1 aliphatic carbocycles. The van der Waals surface area contributed by atoms with Crippen LogP contribution in [0.2, 0.25) is 0 Å². The molecule has 0 spiro atoms. The molecule has 104 valence electrons. The largest absolute Gasteiger partial charge is 0.390 e. The Morgan fingerprint density at radius 1 is 1.26 bits per heavy atom. The van der Waals surface area contributed by atoms with E-state index in [0.29, 0.717) is 12.8 Å². The summed E-state index contributed by atoms with van der Waals surface area (Å²) in [6.45, 7) is 0. The minimum Gasteiger partial charge on any atom is -0.390 e. The molecule has 1 aromatic carbocycles. The normalized spacial score (nSPS) is 27.6. The smallest absolute Gasteiger partial charge is 0.251 e. The fourth-order valence-corrected chi connectivity index (χ4v) is 2.37. The Kier molecular flexibility index (Phi) is 4.50. The first-order valence-electron chi connectivity index (χ1n) is 6.50. The number of carbonyl (C=O) groups is 1. The van der Waals surface area contributed by atoms with Crippen LogP contribution in [0.25, 0.3) is 0 Å². The van der Waals surface area contributed by atoms with E-state index in [1.807, 2.05) is 0 Å². The SMILES string of the molecule is O=C(N[C@@H]1CCCC[C@@H](O)[C@@H]1O)c1cccc(F)c1. The Balaban J connectivity index is 2.05. The number of aliphatic hydroxyl groups excluding tert-OH is 2. The molecule has 0 bridgehead atoms. The van der Waals surface area contributed by atoms with Crippen molar-refractivity contribution in [2.75, 3.05) is 0 Å². The molecule has 19 heavy (non-hydrogen) atoms. The fraction of sp³-hybridized carbons (Fsp3) is 0.500. The van der Waals surface area contributed by atoms with Crippen molar-refractivity contribution in [1.29, 1.82) is 0 Å². The van der Waals surface area contributed by atoms with Crippen molar-refractivity contribution in [3.05, 3.63) is 35.6 Å². The lowest BCUT2D eigenvalue weighted by atomic mass is 10.0. The molecule has 1 aromatic rings. The van der Waals surface area contributed by atoms with Crippen molar-refractivity contribution >= 4 is 5.91 Å². The van der Waals surface area contributed by atoms with E-state index < -0.39 is 30.0 Å². The zero-order valence-electron chi connectivity index (χ0n) is 10.6. The van der Waals surface area contributed by atoms with Crippen LogP contribution in [0.3, 0.4) is 0 Å². The molecule has 0 aliphatic heterocycles. The molecule has 0 radical (unpaired) electrons. The highest BCUT2D eigenvalue weighted by molar-refractivity contribution is 5.94. The number of amides is 1. The summed E-state index contributed by atoms with van der Waals surface area (Å²) in [6.07, 6.45) is 1.01. The third kappa shape index (κ3) is 3.52. The van der Waals surface area contributed by atoms with Gasteiger partial charge in [-0.25, -0.2) is 4.39 Å². The van der Waals surface area contributed by atoms with Gasteiger partial charge >= 0.3 is 0 Å². The molecular weight excluding hydrogens is 249 g/mol. The second kappa shape index (κ2) is 6.12. The van der Waals surface area contributed by atoms with Crippen LogP contribution in [-0.2, 0) is 0 Å². The van der Waals surface area contributed by atoms with Gasteiger partial charge in [-0.1, -0.05) is 18.9 Å². The topological polar surface area (TPSA) is 69.6 Å². The van der Waals surface area contributed by atoms with E-state index >= 15 is 0 Å². The summed E-state index contributed by atoms with van der Waals surface area (Å²) in [5.41, 5.74) is 0.214. The zero-order valence-corrected chi connectivity index (χ0v) is 10.6. The number of hydrogen-bond donors (Lipinski definition) is 3. The van der Waals surface area contributed by atoms with Crippen LogP contribution in [0.5, 0.6) is 0 Å². The number of hydrogen-bond acceptors (Lipinski definition) is 3. The quantitative estimate of drug-likeness (QED) is 0.706. The summed E-state index contributed by atoms with van der Waals surface area (Å²) in [4.78, 5) is 12.0. The van der Waals surface area contributed by atoms with Crippen LogP contribution in [0.4, 0.5) is 4.39 Å². The van der Waals surface area contributed by atoms with Gasteiger partial charge in [0.05, 0.1) is 18.2 Å². The molecule has 4 nitrogen and oxygen atoms in total. The molecule has 3 atom stereocenters. The van der Waals surface area contributed by atoms with Crippen LogP contribution in [0, 0.1) is 5.82 Å². The Labute approximate surface area is 111 Å². The lowest BCUT2D eigenvalue weighted by Crippen LogP contribution is -2.47. The summed E-state index contributed by atoms with van der Waals surface area (Å²) in [5.74, 6) is -0.910. The molecule has 0 unspecified atom stereocenters. The maximum absolute atomic E-state index is 13.0. The van der Waals surface area contributed by atoms with Gasteiger partial charge in [-0.15, -0.1) is 0 Å². The summed E-state index contributed by atoms with van der Waals surface area (Å²) < 4.78 is 13.0. The van der Waals surface area contributed by atoms with E-state index in [-0.39, 0.29) is 5.56 Å². The average Bonchev–Trinajstić information content (AvgIpc) is 2.54. The molecule has 1 saturated carbocycles. The summed E-state index contributed by atoms with van der Waals surface area (Å²) >= 11 is 0. The number of carbonyl (C=O) groups excluding carboxylic acids is 1. The Morgan fingerprint density at radius 3 is 2.74 bits per heavy atom. The highest BCUT2D eigenvalue weighted by Crippen LogP contribution is 2.19. The predicted octanol–water partition coefficient (Wildman–Crippen LogP) is 1.22. The summed E-state index contributed by atoms with van der Waals surface area (Å²) in [5, 5.41) is 22.3. The van der Waals surface area contributed by atoms with Crippen molar-refractivity contribution < 1.29 is 19.4 Å². The molecule has 2 rings (SSSR count). The van der Waals surface area contributed by atoms with E-state index in [1.54, 1.807) is 0 Å². The highest BCUT2D eigenvalue weighted by atomic mass is 19.1. The molecule has 1 amide bonds. The predicted molar refractivity (Wildman–Crippen MR) is 68.1 cm³/mol. The number of aliphatic hydroxyl groups is 2. The lowest BCUT2D eigenvalue weighted by Gasteiger charge is -2.24. The van der Waals surface area contributed by atoms with E-state index in [1.165, 1.54) is 18.2 Å². The zero-order chi connectivity index (χ0) is 13.8. The van der Waals surface area contributed by atoms with Crippen LogP contribution in [0.1, 0.15) is 36.0 Å². The number of benzene rings is 1. The molecular formula is C14H18FNO3. The van der Waals surface area contributed by atoms with Crippen molar-refractivity contribution in [3.63, 3.8) is 0 Å². The maximum Gasteiger partial charge on any atom is 0.251 e. The Morgan fingerprint density at radius 2 is 2.00 bits per heavy atom. The summed E-state index contributed by atoms with van der Waals surface area (Å²) in [7, 11) is 0. The van der Waals surface area contributed by atoms with Gasteiger partial charge in [0.1, 0.15) is 5.82 Å². The Bertz CT molecular complexity index is 452. The van der Waals surface area contributed by atoms with Crippen LogP contribution in [0.15, 0.2) is 24.3 Å². The molecule has 3 N–H and O–H groups in total. The maximum atomic E-state index is 13.0. The van der Waals surface area contributed by atoms with Crippen molar-refractivity contribution in [3.8, 4) is 0 Å². The molecule has 0 saturated heterocycles. The molecule has 5 heteroatoms. The van der Waals surface area contributed by atoms with Gasteiger partial charge in [-0.2, -0.15) is 0 Å². The third-order valence-corrected chi connectivity index (χ3v) is 3.47. The van der Waals surface area contributed by atoms with Crippen LogP contribution >= 0.6 is 0 Å². The lowest BCUT2D eigenvalue weighted by molar-refractivity contribution is -0.00124. The Hall–Kier alpha value is -1.46. The van der Waals surface area contributed by atoms with Crippen molar-refractivity contribution in [2.24, 2.45) is 0 Å². The van der Waals surface area contributed by atoms with E-state index in [4.69, 9.17) is 0 Å². The first kappa shape index (κ1) is 14.0. The average molecular weight is 267 g/mol. The van der Waals surface area contributed by atoms with Gasteiger partial charge in [0.25, 0.3) is 5.91 Å². The van der Waals surface area contributed by atoms with Gasteiger partial charge in [-0.3, -0.25) is 4.79 Å². The molecule has 0 heterocycles. The molecule has 1 fully saturated rings. The van der Waals surface area contributed by atoms with Crippen molar-refractivity contribution in [2.45, 2.75) is 43.9 Å². The van der Waals surface area contributed by atoms with E-state index in [2.05, 4.69) is 5.32 Å². The van der Waals surface area contributed by atoms with Gasteiger partial charge < -0.3 is 15.5 Å². The fourth-order valence-electron chi connectivity index (χ4n) is 2.37. The van der Waals surface area contributed by atoms with Gasteiger partial charge in [-0.05, 0) is 31.0 Å². The van der Waals surface area contributed by atoms with Crippen LogP contribution in [-0.4, -0.2) is 34.4 Å². The van der Waals surface area contributed by atoms with Gasteiger partial charge in [0.2, 0.25) is 0 Å². The third-order valence-electron chi connectivity index (χ3n) is 3.47. The summed E-state index contributed by atoms with van der Waals surface area (Å²) in [6, 6.07) is 4.89. The minimum atomic E-state index is -0.972. The van der Waals surface area contributed by atoms with Gasteiger partial charge in [0, 0.05) is 5.56 Å². The number of nitrogens with one attached hydrogen (secondary N) is 1. The monoisotopic (exact) mass is 267 g/mol. The number of halogens is 1. The van der Waals surface area contributed by atoms with Crippen LogP contribution < -0.4 is 5.32 Å². The minimum absolute atomic E-state index is 0.214. The highest BCUT2D eigenvalue weighted by Gasteiger charge is 2.29. The van der Waals surface area contributed by atoms with E-state index in [0.717, 1.165) is 18.9 Å². The first-order chi connectivity index (χ1) is 9.08. The standard InChI is InChI=1S/C14H18FNO3/c15-10-5-3-4-9(8-10)14(19)16-11-6-1-2-7-12(17)13(11)18/h3-5,8,11-13,17-18H,1-2,6-7H2,(H,16,19)/t11-,12-,13-/m1/s1. The van der Waals surface area contributed by atoms with E-state index in [9.17, 15) is 19.4 Å². The molecule has 1 aliphatic rings.